The average molecular weight is 234 g/mol. The third-order valence-electron chi connectivity index (χ3n) is 1.57. The zero-order chi connectivity index (χ0) is 8.59. The molecule has 0 aliphatic rings. The van der Waals surface area contributed by atoms with E-state index in [2.05, 4.69) is 0 Å². The van der Waals surface area contributed by atoms with Crippen molar-refractivity contribution in [1.29, 1.82) is 0 Å². The second-order valence-electron chi connectivity index (χ2n) is 2.43. The van der Waals surface area contributed by atoms with E-state index in [0.717, 1.165) is 11.1 Å². The van der Waals surface area contributed by atoms with Crippen molar-refractivity contribution in [2.45, 2.75) is 13.8 Å². The SMILES string of the molecule is Cc1cc(Cl)c(C)c(Cl)c1Cl.[H-].[Na+]. The summed E-state index contributed by atoms with van der Waals surface area (Å²) >= 11 is 17.6. The fraction of sp³-hybridized carbons (Fsp3) is 0.250. The first-order valence-electron chi connectivity index (χ1n) is 3.14. The molecule has 1 aromatic rings. The van der Waals surface area contributed by atoms with E-state index in [4.69, 9.17) is 34.8 Å². The maximum Gasteiger partial charge on any atom is 1.00 e. The monoisotopic (exact) mass is 232 g/mol. The molecule has 0 fully saturated rings. The summed E-state index contributed by atoms with van der Waals surface area (Å²) in [4.78, 5) is 0. The molecule has 0 spiro atoms. The van der Waals surface area contributed by atoms with Gasteiger partial charge >= 0.3 is 29.6 Å². The molecule has 0 aromatic heterocycles. The zero-order valence-electron chi connectivity index (χ0n) is 8.21. The smallest absolute Gasteiger partial charge is 1.00 e. The molecule has 0 radical (unpaired) electrons. The largest absolute Gasteiger partial charge is 1.00 e. The Balaban J connectivity index is 0. The number of hydrogen-bond acceptors (Lipinski definition) is 0. The molecule has 0 aliphatic heterocycles. The summed E-state index contributed by atoms with van der Waals surface area (Å²) in [5.74, 6) is 0. The van der Waals surface area contributed by atoms with E-state index < -0.39 is 0 Å². The molecule has 0 aliphatic carbocycles. The summed E-state index contributed by atoms with van der Waals surface area (Å²) in [6.45, 7) is 3.72. The molecule has 0 N–H and O–H groups in total. The molecule has 4 heteroatoms. The van der Waals surface area contributed by atoms with Crippen LogP contribution < -0.4 is 29.6 Å². The number of rotatable bonds is 0. The molecule has 1 aromatic carbocycles. The van der Waals surface area contributed by atoms with E-state index in [0.29, 0.717) is 15.1 Å². The Morgan fingerprint density at radius 3 is 2.08 bits per heavy atom. The average Bonchev–Trinajstić information content (AvgIpc) is 1.97. The van der Waals surface area contributed by atoms with E-state index in [-0.39, 0.29) is 31.0 Å². The van der Waals surface area contributed by atoms with Crippen LogP contribution in [0.3, 0.4) is 0 Å². The third kappa shape index (κ3) is 2.54. The molecule has 0 heterocycles. The van der Waals surface area contributed by atoms with Gasteiger partial charge in [-0.25, -0.2) is 0 Å². The molecule has 1 rings (SSSR count). The molecule has 12 heavy (non-hydrogen) atoms. The van der Waals surface area contributed by atoms with Crippen LogP contribution in [-0.4, -0.2) is 0 Å². The molecular weight excluding hydrogens is 225 g/mol. The number of benzene rings is 1. The van der Waals surface area contributed by atoms with Crippen molar-refractivity contribution in [3.8, 4) is 0 Å². The van der Waals surface area contributed by atoms with Gasteiger partial charge in [0.05, 0.1) is 10.0 Å². The topological polar surface area (TPSA) is 0 Å². The number of aryl methyl sites for hydroxylation is 1. The first kappa shape index (κ1) is 13.1. The fourth-order valence-electron chi connectivity index (χ4n) is 0.804. The fourth-order valence-corrected chi connectivity index (χ4v) is 1.56. The summed E-state index contributed by atoms with van der Waals surface area (Å²) in [5.41, 5.74) is 1.75. The normalized spacial score (nSPS) is 9.42. The van der Waals surface area contributed by atoms with Crippen LogP contribution in [0.2, 0.25) is 15.1 Å². The van der Waals surface area contributed by atoms with E-state index in [1.54, 1.807) is 0 Å². The molecule has 0 amide bonds. The van der Waals surface area contributed by atoms with E-state index >= 15 is 0 Å². The van der Waals surface area contributed by atoms with E-state index in [1.165, 1.54) is 0 Å². The third-order valence-corrected chi connectivity index (χ3v) is 3.02. The second kappa shape index (κ2) is 5.09. The molecule has 0 saturated heterocycles. The molecule has 0 unspecified atom stereocenters. The van der Waals surface area contributed by atoms with Crippen LogP contribution in [0.25, 0.3) is 0 Å². The van der Waals surface area contributed by atoms with Crippen LogP contribution in [0.15, 0.2) is 6.07 Å². The van der Waals surface area contributed by atoms with Crippen LogP contribution in [-0.2, 0) is 0 Å². The van der Waals surface area contributed by atoms with Crippen molar-refractivity contribution in [2.75, 3.05) is 0 Å². The van der Waals surface area contributed by atoms with Crippen molar-refractivity contribution in [1.82, 2.24) is 0 Å². The Bertz CT molecular complexity index is 276. The van der Waals surface area contributed by atoms with Crippen molar-refractivity contribution in [3.05, 3.63) is 32.3 Å². The Morgan fingerprint density at radius 1 is 1.08 bits per heavy atom. The van der Waals surface area contributed by atoms with Gasteiger partial charge in [-0.05, 0) is 31.0 Å². The predicted octanol–water partition coefficient (Wildman–Crippen LogP) is 1.38. The van der Waals surface area contributed by atoms with Gasteiger partial charge in [0.25, 0.3) is 0 Å². The van der Waals surface area contributed by atoms with Crippen molar-refractivity contribution in [2.24, 2.45) is 0 Å². The quantitative estimate of drug-likeness (QED) is 0.469. The first-order valence-corrected chi connectivity index (χ1v) is 4.28. The molecule has 62 valence electrons. The van der Waals surface area contributed by atoms with Gasteiger partial charge in [-0.2, -0.15) is 0 Å². The van der Waals surface area contributed by atoms with Gasteiger partial charge < -0.3 is 1.43 Å². The minimum atomic E-state index is 0. The molecular formula is C8H8Cl3Na. The summed E-state index contributed by atoms with van der Waals surface area (Å²) in [5, 5.41) is 1.81. The molecule has 0 atom stereocenters. The summed E-state index contributed by atoms with van der Waals surface area (Å²) in [6.07, 6.45) is 0. The Kier molecular flexibility index (Phi) is 5.55. The summed E-state index contributed by atoms with van der Waals surface area (Å²) in [7, 11) is 0. The van der Waals surface area contributed by atoms with Gasteiger partial charge in [0.1, 0.15) is 0 Å². The van der Waals surface area contributed by atoms with Crippen LogP contribution in [0.4, 0.5) is 0 Å². The van der Waals surface area contributed by atoms with Gasteiger partial charge in [0.15, 0.2) is 0 Å². The maximum absolute atomic E-state index is 5.87. The summed E-state index contributed by atoms with van der Waals surface area (Å²) < 4.78 is 0. The predicted molar refractivity (Wildman–Crippen MR) is 52.1 cm³/mol. The van der Waals surface area contributed by atoms with Crippen molar-refractivity contribution >= 4 is 34.8 Å². The second-order valence-corrected chi connectivity index (χ2v) is 3.59. The van der Waals surface area contributed by atoms with Gasteiger partial charge in [0, 0.05) is 5.02 Å². The molecule has 0 bridgehead atoms. The van der Waals surface area contributed by atoms with Crippen LogP contribution >= 0.6 is 34.8 Å². The standard InChI is InChI=1S/C8H7Cl3.Na.H/c1-4-3-6(9)5(2)8(11)7(4)10;;/h3H,1-2H3;;/q;+1;-1. The van der Waals surface area contributed by atoms with Crippen molar-refractivity contribution < 1.29 is 31.0 Å². The summed E-state index contributed by atoms with van der Waals surface area (Å²) in [6, 6.07) is 1.81. The van der Waals surface area contributed by atoms with E-state index in [9.17, 15) is 0 Å². The number of hydrogen-bond donors (Lipinski definition) is 0. The number of halogens is 3. The van der Waals surface area contributed by atoms with Crippen molar-refractivity contribution in [3.63, 3.8) is 0 Å². The maximum atomic E-state index is 5.87. The minimum absolute atomic E-state index is 0. The molecule has 0 nitrogen and oxygen atoms in total. The van der Waals surface area contributed by atoms with Crippen LogP contribution in [0.5, 0.6) is 0 Å². The Morgan fingerprint density at radius 2 is 1.58 bits per heavy atom. The van der Waals surface area contributed by atoms with E-state index in [1.807, 2.05) is 19.9 Å². The Hall–Kier alpha value is 1.09. The first-order chi connectivity index (χ1) is 5.04. The van der Waals surface area contributed by atoms with Gasteiger partial charge in [-0.1, -0.05) is 34.8 Å². The Labute approximate surface area is 111 Å². The van der Waals surface area contributed by atoms with Gasteiger partial charge in [0.2, 0.25) is 0 Å². The zero-order valence-corrected chi connectivity index (χ0v) is 11.5. The minimum Gasteiger partial charge on any atom is -1.00 e. The van der Waals surface area contributed by atoms with Crippen LogP contribution in [0, 0.1) is 13.8 Å². The van der Waals surface area contributed by atoms with Gasteiger partial charge in [-0.3, -0.25) is 0 Å². The van der Waals surface area contributed by atoms with Gasteiger partial charge in [-0.15, -0.1) is 0 Å². The molecule has 0 saturated carbocycles. The van der Waals surface area contributed by atoms with Crippen LogP contribution in [0.1, 0.15) is 12.6 Å².